The third kappa shape index (κ3) is 10.7. The molecule has 4 aromatic rings. The van der Waals surface area contributed by atoms with Crippen LogP contribution in [-0.2, 0) is 16.6 Å². The van der Waals surface area contributed by atoms with Gasteiger partial charge in [0.2, 0.25) is 0 Å². The van der Waals surface area contributed by atoms with Crippen LogP contribution in [-0.4, -0.2) is 94.8 Å². The number of carbonyl (C=O) groups excluding carboxylic acids is 1. The van der Waals surface area contributed by atoms with Crippen LogP contribution in [0.2, 0.25) is 0 Å². The number of nitro benzene ring substituents is 1. The SMILES string of the molecule is COc1cccc(CN2CCN(c3ccc(C(=O)NS(=O)(=O)c4ccc(NC(CCN(C)C)CSc5ccccc5)c([N+](=O)[O-])c4)cc3)CC2)c1. The predicted octanol–water partition coefficient (Wildman–Crippen LogP) is 5.57. The number of sulfonamides is 1. The molecular weight excluding hydrogens is 689 g/mol. The van der Waals surface area contributed by atoms with Crippen LogP contribution < -0.4 is 19.7 Å². The Balaban J connectivity index is 1.20. The van der Waals surface area contributed by atoms with Crippen molar-refractivity contribution in [1.82, 2.24) is 14.5 Å². The number of benzene rings is 4. The van der Waals surface area contributed by atoms with Crippen molar-refractivity contribution in [3.63, 3.8) is 0 Å². The molecule has 1 heterocycles. The van der Waals surface area contributed by atoms with Crippen LogP contribution in [0.4, 0.5) is 17.1 Å². The Morgan fingerprint density at radius 3 is 2.35 bits per heavy atom. The van der Waals surface area contributed by atoms with Crippen LogP contribution in [0.3, 0.4) is 0 Å². The highest BCUT2D eigenvalue weighted by Gasteiger charge is 2.25. The molecule has 14 heteroatoms. The lowest BCUT2D eigenvalue weighted by molar-refractivity contribution is -0.384. The predicted molar refractivity (Wildman–Crippen MR) is 202 cm³/mol. The molecule has 5 rings (SSSR count). The second kappa shape index (κ2) is 17.5. The Hall–Kier alpha value is -4.63. The number of nitrogens with one attached hydrogen (secondary N) is 2. The number of nitro groups is 1. The largest absolute Gasteiger partial charge is 0.497 e. The molecule has 1 unspecified atom stereocenters. The van der Waals surface area contributed by atoms with Gasteiger partial charge < -0.3 is 19.9 Å². The quantitative estimate of drug-likeness (QED) is 0.0850. The fourth-order valence-corrected chi connectivity index (χ4v) is 7.74. The van der Waals surface area contributed by atoms with Gasteiger partial charge in [-0.2, -0.15) is 0 Å². The summed E-state index contributed by atoms with van der Waals surface area (Å²) in [5, 5.41) is 15.4. The molecule has 1 atom stereocenters. The molecule has 0 bridgehead atoms. The normalized spacial score (nSPS) is 14.2. The number of amides is 1. The molecular formula is C37H44N6O6S2. The van der Waals surface area contributed by atoms with E-state index in [1.807, 2.05) is 67.5 Å². The number of nitrogens with zero attached hydrogens (tertiary/aromatic N) is 4. The lowest BCUT2D eigenvalue weighted by Gasteiger charge is -2.36. The molecule has 0 saturated carbocycles. The number of anilines is 2. The number of thioether (sulfide) groups is 1. The topological polar surface area (TPSA) is 137 Å². The minimum Gasteiger partial charge on any atom is -0.497 e. The van der Waals surface area contributed by atoms with Gasteiger partial charge in [0.1, 0.15) is 11.4 Å². The van der Waals surface area contributed by atoms with Crippen LogP contribution >= 0.6 is 11.8 Å². The van der Waals surface area contributed by atoms with Gasteiger partial charge in [-0.3, -0.25) is 19.8 Å². The molecule has 0 aromatic heterocycles. The summed E-state index contributed by atoms with van der Waals surface area (Å²) in [5.41, 5.74) is 2.09. The fraction of sp³-hybridized carbons (Fsp3) is 0.324. The first kappa shape index (κ1) is 37.6. The van der Waals surface area contributed by atoms with Gasteiger partial charge >= 0.3 is 0 Å². The molecule has 270 valence electrons. The number of hydrogen-bond acceptors (Lipinski definition) is 11. The Bertz CT molecular complexity index is 1890. The third-order valence-corrected chi connectivity index (χ3v) is 11.1. The Kier molecular flexibility index (Phi) is 12.9. The maximum atomic E-state index is 13.3. The van der Waals surface area contributed by atoms with Gasteiger partial charge in [0.05, 0.1) is 16.9 Å². The molecule has 2 N–H and O–H groups in total. The molecule has 1 aliphatic heterocycles. The van der Waals surface area contributed by atoms with Crippen LogP contribution in [0.25, 0.3) is 0 Å². The highest BCUT2D eigenvalue weighted by molar-refractivity contribution is 7.99. The maximum Gasteiger partial charge on any atom is 0.293 e. The molecule has 4 aromatic carbocycles. The molecule has 1 fully saturated rings. The molecule has 12 nitrogen and oxygen atoms in total. The standard InChI is InChI=1S/C37H44N6O6S2/c1-40(2)19-18-30(27-50-33-10-5-4-6-11-33)38-35-17-16-34(25-36(35)43(45)46)51(47,48)39-37(44)29-12-14-31(15-13-29)42-22-20-41(21-23-42)26-28-8-7-9-32(24-28)49-3/h4-17,24-25,30,38H,18-23,26-27H2,1-3H3,(H,39,44). The molecule has 0 spiro atoms. The number of ether oxygens (including phenoxy) is 1. The summed E-state index contributed by atoms with van der Waals surface area (Å²) in [6.07, 6.45) is 0.708. The summed E-state index contributed by atoms with van der Waals surface area (Å²) >= 11 is 1.63. The third-order valence-electron chi connectivity index (χ3n) is 8.59. The number of hydrogen-bond donors (Lipinski definition) is 2. The summed E-state index contributed by atoms with van der Waals surface area (Å²) < 4.78 is 33.9. The van der Waals surface area contributed by atoms with E-state index in [4.69, 9.17) is 4.74 Å². The molecule has 0 radical (unpaired) electrons. The van der Waals surface area contributed by atoms with E-state index < -0.39 is 26.5 Å². The average molecular weight is 733 g/mol. The van der Waals surface area contributed by atoms with Crippen molar-refractivity contribution in [3.8, 4) is 5.75 Å². The maximum absolute atomic E-state index is 13.3. The molecule has 1 amide bonds. The van der Waals surface area contributed by atoms with Crippen LogP contribution in [0, 0.1) is 10.1 Å². The molecule has 1 aliphatic rings. The van der Waals surface area contributed by atoms with E-state index in [0.29, 0.717) is 12.2 Å². The van der Waals surface area contributed by atoms with E-state index in [9.17, 15) is 23.3 Å². The van der Waals surface area contributed by atoms with Crippen molar-refractivity contribution in [2.45, 2.75) is 28.8 Å². The molecule has 0 aliphatic carbocycles. The van der Waals surface area contributed by atoms with Crippen molar-refractivity contribution in [2.24, 2.45) is 0 Å². The average Bonchev–Trinajstić information content (AvgIpc) is 3.13. The van der Waals surface area contributed by atoms with Gasteiger partial charge in [-0.05, 0) is 93.3 Å². The van der Waals surface area contributed by atoms with Crippen LogP contribution in [0.5, 0.6) is 5.75 Å². The summed E-state index contributed by atoms with van der Waals surface area (Å²) in [6, 6.07) is 28.2. The highest BCUT2D eigenvalue weighted by atomic mass is 32.2. The number of carbonyl (C=O) groups is 1. The van der Waals surface area contributed by atoms with Gasteiger partial charge in [-0.15, -0.1) is 11.8 Å². The number of piperazine rings is 1. The van der Waals surface area contributed by atoms with E-state index in [1.165, 1.54) is 17.7 Å². The van der Waals surface area contributed by atoms with Crippen molar-refractivity contribution >= 4 is 44.8 Å². The summed E-state index contributed by atoms with van der Waals surface area (Å²) in [4.78, 5) is 31.9. The molecule has 51 heavy (non-hydrogen) atoms. The Morgan fingerprint density at radius 1 is 0.961 bits per heavy atom. The van der Waals surface area contributed by atoms with Gasteiger partial charge in [-0.25, -0.2) is 13.1 Å². The zero-order valence-corrected chi connectivity index (χ0v) is 30.7. The number of methoxy groups -OCH3 is 1. The zero-order chi connectivity index (χ0) is 36.4. The van der Waals surface area contributed by atoms with Crippen LogP contribution in [0.1, 0.15) is 22.3 Å². The lowest BCUT2D eigenvalue weighted by Crippen LogP contribution is -2.46. The van der Waals surface area contributed by atoms with E-state index in [0.717, 1.165) is 61.7 Å². The summed E-state index contributed by atoms with van der Waals surface area (Å²) in [5.74, 6) is 0.657. The number of rotatable bonds is 16. The second-order valence-electron chi connectivity index (χ2n) is 12.6. The monoisotopic (exact) mass is 732 g/mol. The van der Waals surface area contributed by atoms with E-state index in [1.54, 1.807) is 43.1 Å². The first-order valence-corrected chi connectivity index (χ1v) is 19.1. The summed E-state index contributed by atoms with van der Waals surface area (Å²) in [7, 11) is 1.17. The summed E-state index contributed by atoms with van der Waals surface area (Å²) in [6.45, 7) is 4.91. The van der Waals surface area contributed by atoms with E-state index in [-0.39, 0.29) is 22.2 Å². The Labute approximate surface area is 304 Å². The first-order chi connectivity index (χ1) is 24.5. The van der Waals surface area contributed by atoms with Crippen molar-refractivity contribution < 1.29 is 22.9 Å². The smallest absolute Gasteiger partial charge is 0.293 e. The van der Waals surface area contributed by atoms with Crippen molar-refractivity contribution in [1.29, 1.82) is 0 Å². The minimum atomic E-state index is -4.41. The van der Waals surface area contributed by atoms with Crippen molar-refractivity contribution in [2.75, 3.05) is 69.9 Å². The van der Waals surface area contributed by atoms with Gasteiger partial charge in [0.15, 0.2) is 0 Å². The van der Waals surface area contributed by atoms with Crippen LogP contribution in [0.15, 0.2) is 107 Å². The lowest BCUT2D eigenvalue weighted by atomic mass is 10.1. The van der Waals surface area contributed by atoms with Crippen molar-refractivity contribution in [3.05, 3.63) is 118 Å². The Morgan fingerprint density at radius 2 is 1.69 bits per heavy atom. The molecule has 1 saturated heterocycles. The zero-order valence-electron chi connectivity index (χ0n) is 29.0. The van der Waals surface area contributed by atoms with Gasteiger partial charge in [0, 0.05) is 66.7 Å². The van der Waals surface area contributed by atoms with E-state index >= 15 is 0 Å². The second-order valence-corrected chi connectivity index (χ2v) is 15.4. The van der Waals surface area contributed by atoms with Gasteiger partial charge in [-0.1, -0.05) is 30.3 Å². The first-order valence-electron chi connectivity index (χ1n) is 16.7. The highest BCUT2D eigenvalue weighted by Crippen LogP contribution is 2.30. The minimum absolute atomic E-state index is 0.135. The van der Waals surface area contributed by atoms with Gasteiger partial charge in [0.25, 0.3) is 21.6 Å². The van der Waals surface area contributed by atoms with E-state index in [2.05, 4.69) is 25.9 Å². The fourth-order valence-electron chi connectivity index (χ4n) is 5.75.